The lowest BCUT2D eigenvalue weighted by atomic mass is 10.1. The highest BCUT2D eigenvalue weighted by molar-refractivity contribution is 7.98. The number of hydroxylamine groups is 1. The van der Waals surface area contributed by atoms with E-state index in [1.165, 1.54) is 11.8 Å². The average Bonchev–Trinajstić information content (AvgIpc) is 3.03. The van der Waals surface area contributed by atoms with Crippen molar-refractivity contribution in [2.24, 2.45) is 0 Å². The number of aryl methyl sites for hydroxylation is 2. The molecule has 0 saturated heterocycles. The van der Waals surface area contributed by atoms with Crippen molar-refractivity contribution in [3.8, 4) is 0 Å². The van der Waals surface area contributed by atoms with E-state index in [1.807, 2.05) is 50.4 Å². The maximum absolute atomic E-state index is 12.2. The lowest BCUT2D eigenvalue weighted by Gasteiger charge is -2.10. The predicted octanol–water partition coefficient (Wildman–Crippen LogP) is 2.25. The van der Waals surface area contributed by atoms with Crippen molar-refractivity contribution < 1.29 is 9.63 Å². The number of fused-ring (bicyclic) bond motifs is 1. The van der Waals surface area contributed by atoms with Crippen LogP contribution in [0, 0.1) is 13.8 Å². The maximum Gasteiger partial charge on any atom is 0.253 e. The number of nitrogens with zero attached hydrogens (tertiary/aromatic N) is 4. The third-order valence-corrected chi connectivity index (χ3v) is 4.36. The van der Waals surface area contributed by atoms with Crippen LogP contribution in [-0.4, -0.2) is 31.7 Å². The minimum Gasteiger partial charge on any atom is -0.272 e. The van der Waals surface area contributed by atoms with Crippen LogP contribution in [0.3, 0.4) is 0 Å². The quantitative estimate of drug-likeness (QED) is 0.538. The first kappa shape index (κ1) is 17.4. The van der Waals surface area contributed by atoms with Crippen LogP contribution in [0.1, 0.15) is 22.5 Å². The second kappa shape index (κ2) is 7.62. The monoisotopic (exact) mass is 357 g/mol. The van der Waals surface area contributed by atoms with Crippen molar-refractivity contribution in [1.82, 2.24) is 25.1 Å². The first-order valence-electron chi connectivity index (χ1n) is 7.80. The van der Waals surface area contributed by atoms with E-state index in [0.717, 1.165) is 22.5 Å². The summed E-state index contributed by atoms with van der Waals surface area (Å²) in [6.07, 6.45) is 2.08. The highest BCUT2D eigenvalue weighted by atomic mass is 32.2. The Morgan fingerprint density at radius 3 is 2.72 bits per heavy atom. The second-order valence-electron chi connectivity index (χ2n) is 5.55. The summed E-state index contributed by atoms with van der Waals surface area (Å²) in [5.74, 6) is 0.317. The van der Waals surface area contributed by atoms with Gasteiger partial charge < -0.3 is 0 Å². The van der Waals surface area contributed by atoms with Gasteiger partial charge in [0.2, 0.25) is 11.1 Å². The Morgan fingerprint density at radius 2 is 2.00 bits per heavy atom. The molecule has 0 unspecified atom stereocenters. The van der Waals surface area contributed by atoms with E-state index in [2.05, 4.69) is 20.5 Å². The summed E-state index contributed by atoms with van der Waals surface area (Å²) in [6.45, 7) is 4.10. The summed E-state index contributed by atoms with van der Waals surface area (Å²) < 4.78 is 1.67. The number of rotatable bonds is 6. The summed E-state index contributed by atoms with van der Waals surface area (Å²) in [5, 5.41) is 5.04. The Morgan fingerprint density at radius 1 is 1.24 bits per heavy atom. The highest BCUT2D eigenvalue weighted by Crippen LogP contribution is 2.17. The van der Waals surface area contributed by atoms with Crippen LogP contribution in [0.15, 0.2) is 35.5 Å². The molecule has 0 saturated carbocycles. The average molecular weight is 357 g/mol. The molecular weight excluding hydrogens is 338 g/mol. The number of aromatic nitrogens is 4. The van der Waals surface area contributed by atoms with Crippen molar-refractivity contribution in [3.63, 3.8) is 0 Å². The summed E-state index contributed by atoms with van der Waals surface area (Å²) in [6, 6.07) is 9.66. The Balaban J connectivity index is 1.68. The fraction of sp³-hybridized carbons (Fsp3) is 0.294. The van der Waals surface area contributed by atoms with Gasteiger partial charge in [0.1, 0.15) is 0 Å². The molecule has 1 aromatic carbocycles. The van der Waals surface area contributed by atoms with Crippen molar-refractivity contribution in [2.45, 2.75) is 32.0 Å². The SMILES string of the molecule is CSc1nc2nc(C)c(CC(=O)NOCc3ccccc3)c(C)n2n1. The fourth-order valence-corrected chi connectivity index (χ4v) is 2.84. The van der Waals surface area contributed by atoms with Crippen molar-refractivity contribution in [3.05, 3.63) is 52.8 Å². The Labute approximate surface area is 149 Å². The van der Waals surface area contributed by atoms with Crippen LogP contribution in [0.2, 0.25) is 0 Å². The third kappa shape index (κ3) is 3.97. The molecule has 0 spiro atoms. The van der Waals surface area contributed by atoms with E-state index in [0.29, 0.717) is 17.5 Å². The number of carbonyl (C=O) groups is 1. The first-order valence-corrected chi connectivity index (χ1v) is 9.02. The molecule has 0 fully saturated rings. The predicted molar refractivity (Wildman–Crippen MR) is 95.1 cm³/mol. The molecule has 2 aromatic heterocycles. The van der Waals surface area contributed by atoms with Crippen LogP contribution >= 0.6 is 11.8 Å². The van der Waals surface area contributed by atoms with E-state index < -0.39 is 0 Å². The number of amides is 1. The van der Waals surface area contributed by atoms with E-state index in [1.54, 1.807) is 4.52 Å². The number of hydrogen-bond acceptors (Lipinski definition) is 6. The van der Waals surface area contributed by atoms with E-state index in [-0.39, 0.29) is 12.3 Å². The molecule has 3 rings (SSSR count). The van der Waals surface area contributed by atoms with Gasteiger partial charge in [-0.1, -0.05) is 42.1 Å². The van der Waals surface area contributed by atoms with Crippen molar-refractivity contribution in [2.75, 3.05) is 6.26 Å². The normalized spacial score (nSPS) is 11.0. The van der Waals surface area contributed by atoms with Crippen LogP contribution < -0.4 is 5.48 Å². The number of carbonyl (C=O) groups excluding carboxylic acids is 1. The molecule has 0 atom stereocenters. The van der Waals surface area contributed by atoms with Gasteiger partial charge in [-0.2, -0.15) is 4.98 Å². The number of nitrogens with one attached hydrogen (secondary N) is 1. The number of benzene rings is 1. The molecular formula is C17H19N5O2S. The Bertz CT molecular complexity index is 895. The second-order valence-corrected chi connectivity index (χ2v) is 6.32. The molecule has 2 heterocycles. The summed E-state index contributed by atoms with van der Waals surface area (Å²) in [7, 11) is 0. The molecule has 130 valence electrons. The van der Waals surface area contributed by atoms with Crippen molar-refractivity contribution in [1.29, 1.82) is 0 Å². The molecule has 0 aliphatic rings. The zero-order valence-corrected chi connectivity index (χ0v) is 15.1. The molecule has 0 radical (unpaired) electrons. The van der Waals surface area contributed by atoms with Crippen LogP contribution in [0.4, 0.5) is 0 Å². The zero-order valence-electron chi connectivity index (χ0n) is 14.3. The summed E-state index contributed by atoms with van der Waals surface area (Å²) >= 11 is 1.46. The summed E-state index contributed by atoms with van der Waals surface area (Å²) in [5.41, 5.74) is 5.92. The fourth-order valence-electron chi connectivity index (χ4n) is 2.50. The van der Waals surface area contributed by atoms with Gasteiger partial charge >= 0.3 is 0 Å². The molecule has 25 heavy (non-hydrogen) atoms. The zero-order chi connectivity index (χ0) is 17.8. The maximum atomic E-state index is 12.2. The van der Waals surface area contributed by atoms with Gasteiger partial charge in [-0.15, -0.1) is 5.10 Å². The summed E-state index contributed by atoms with van der Waals surface area (Å²) in [4.78, 5) is 26.3. The van der Waals surface area contributed by atoms with E-state index in [4.69, 9.17) is 4.84 Å². The van der Waals surface area contributed by atoms with Crippen LogP contribution in [0.5, 0.6) is 0 Å². The largest absolute Gasteiger partial charge is 0.272 e. The first-order chi connectivity index (χ1) is 12.1. The Hall–Kier alpha value is -2.45. The molecule has 1 amide bonds. The molecule has 1 N–H and O–H groups in total. The standard InChI is InChI=1S/C17H19N5O2S/c1-11-14(12(2)22-16(18-11)19-17(20-22)25-3)9-15(23)21-24-10-13-7-5-4-6-8-13/h4-8H,9-10H2,1-3H3,(H,21,23). The van der Waals surface area contributed by atoms with E-state index >= 15 is 0 Å². The molecule has 7 nitrogen and oxygen atoms in total. The number of thioether (sulfide) groups is 1. The minimum absolute atomic E-state index is 0.170. The Kier molecular flexibility index (Phi) is 5.30. The van der Waals surface area contributed by atoms with Gasteiger partial charge in [0.25, 0.3) is 5.78 Å². The topological polar surface area (TPSA) is 81.4 Å². The smallest absolute Gasteiger partial charge is 0.253 e. The lowest BCUT2D eigenvalue weighted by molar-refractivity contribution is -0.133. The van der Waals surface area contributed by atoms with Gasteiger partial charge in [-0.25, -0.2) is 15.0 Å². The van der Waals surface area contributed by atoms with Gasteiger partial charge in [-0.3, -0.25) is 9.63 Å². The van der Waals surface area contributed by atoms with Crippen LogP contribution in [0.25, 0.3) is 5.78 Å². The molecule has 8 heteroatoms. The van der Waals surface area contributed by atoms with Gasteiger partial charge in [0.05, 0.1) is 13.0 Å². The minimum atomic E-state index is -0.228. The third-order valence-electron chi connectivity index (χ3n) is 3.82. The highest BCUT2D eigenvalue weighted by Gasteiger charge is 2.16. The lowest BCUT2D eigenvalue weighted by Crippen LogP contribution is -2.26. The molecule has 0 aliphatic heterocycles. The van der Waals surface area contributed by atoms with Crippen molar-refractivity contribution >= 4 is 23.4 Å². The van der Waals surface area contributed by atoms with E-state index in [9.17, 15) is 4.79 Å². The molecule has 0 bridgehead atoms. The van der Waals surface area contributed by atoms with Gasteiger partial charge in [0, 0.05) is 17.0 Å². The molecule has 3 aromatic rings. The van der Waals surface area contributed by atoms with Crippen LogP contribution in [-0.2, 0) is 22.7 Å². The number of hydrogen-bond donors (Lipinski definition) is 1. The van der Waals surface area contributed by atoms with Gasteiger partial charge in [-0.05, 0) is 25.7 Å². The van der Waals surface area contributed by atoms with Gasteiger partial charge in [0.15, 0.2) is 0 Å². The molecule has 0 aliphatic carbocycles.